The third-order valence-corrected chi connectivity index (χ3v) is 15.4. The van der Waals surface area contributed by atoms with Gasteiger partial charge in [-0.1, -0.05) is 348 Å². The topological polar surface area (TPSA) is 78.9 Å². The van der Waals surface area contributed by atoms with Gasteiger partial charge < -0.3 is 14.2 Å². The third-order valence-electron chi connectivity index (χ3n) is 15.4. The zero-order valence-corrected chi connectivity index (χ0v) is 49.2. The highest BCUT2D eigenvalue weighted by Gasteiger charge is 2.19. The Hall–Kier alpha value is -1.59. The summed E-state index contributed by atoms with van der Waals surface area (Å²) < 4.78 is 16.8. The minimum atomic E-state index is -0.760. The first-order valence-corrected chi connectivity index (χ1v) is 33.0. The van der Waals surface area contributed by atoms with Crippen LogP contribution in [-0.4, -0.2) is 37.2 Å². The van der Waals surface area contributed by atoms with Crippen molar-refractivity contribution in [3.63, 3.8) is 0 Å². The number of rotatable bonds is 62. The number of carbonyl (C=O) groups excluding carboxylic acids is 3. The third kappa shape index (κ3) is 59.3. The van der Waals surface area contributed by atoms with Crippen LogP contribution in [0.15, 0.2) is 0 Å². The summed E-state index contributed by atoms with van der Waals surface area (Å²) in [6.45, 7) is 6.67. The Morgan fingerprint density at radius 2 is 0.375 bits per heavy atom. The Morgan fingerprint density at radius 3 is 0.556 bits per heavy atom. The van der Waals surface area contributed by atoms with E-state index in [1.807, 2.05) is 0 Å². The van der Waals surface area contributed by atoms with Gasteiger partial charge in [0.25, 0.3) is 0 Å². The highest BCUT2D eigenvalue weighted by atomic mass is 16.6. The van der Waals surface area contributed by atoms with Crippen LogP contribution in [0.2, 0.25) is 0 Å². The summed E-state index contributed by atoms with van der Waals surface area (Å²) in [5.74, 6) is -0.839. The zero-order valence-electron chi connectivity index (χ0n) is 49.2. The quantitative estimate of drug-likeness (QED) is 0.0343. The van der Waals surface area contributed by atoms with Crippen molar-refractivity contribution >= 4 is 17.9 Å². The maximum absolute atomic E-state index is 12.8. The fourth-order valence-corrected chi connectivity index (χ4v) is 10.4. The van der Waals surface area contributed by atoms with Crippen molar-refractivity contribution in [1.82, 2.24) is 0 Å². The molecule has 0 radical (unpaired) electrons. The molecule has 6 heteroatoms. The fourth-order valence-electron chi connectivity index (χ4n) is 10.4. The molecule has 0 N–H and O–H groups in total. The Balaban J connectivity index is 3.91. The number of hydrogen-bond donors (Lipinski definition) is 0. The van der Waals surface area contributed by atoms with Gasteiger partial charge in [-0.25, -0.2) is 0 Å². The van der Waals surface area contributed by atoms with Gasteiger partial charge in [-0.3, -0.25) is 14.4 Å². The normalized spacial score (nSPS) is 11.9. The van der Waals surface area contributed by atoms with E-state index in [1.165, 1.54) is 289 Å². The molecule has 6 nitrogen and oxygen atoms in total. The first kappa shape index (κ1) is 70.4. The molecule has 1 atom stereocenters. The molecular formula is C66H128O6. The van der Waals surface area contributed by atoms with Crippen molar-refractivity contribution in [3.05, 3.63) is 0 Å². The summed E-state index contributed by atoms with van der Waals surface area (Å²) in [5, 5.41) is 0. The van der Waals surface area contributed by atoms with E-state index in [2.05, 4.69) is 20.8 Å². The Kier molecular flexibility index (Phi) is 60.6. The van der Waals surface area contributed by atoms with Gasteiger partial charge in [0, 0.05) is 19.3 Å². The molecule has 1 unspecified atom stereocenters. The van der Waals surface area contributed by atoms with Crippen LogP contribution in [0.4, 0.5) is 0 Å². The summed E-state index contributed by atoms with van der Waals surface area (Å²) in [6, 6.07) is 0. The van der Waals surface area contributed by atoms with Gasteiger partial charge in [-0.05, 0) is 19.3 Å². The highest BCUT2D eigenvalue weighted by molar-refractivity contribution is 5.71. The first-order valence-electron chi connectivity index (χ1n) is 33.0. The largest absolute Gasteiger partial charge is 0.462 e. The molecule has 0 aromatic carbocycles. The Labute approximate surface area is 450 Å². The van der Waals surface area contributed by atoms with Crippen LogP contribution in [0, 0.1) is 0 Å². The highest BCUT2D eigenvalue weighted by Crippen LogP contribution is 2.19. The molecule has 0 aliphatic carbocycles. The summed E-state index contributed by atoms with van der Waals surface area (Å²) in [4.78, 5) is 38.0. The van der Waals surface area contributed by atoms with Crippen LogP contribution < -0.4 is 0 Å². The summed E-state index contributed by atoms with van der Waals surface area (Å²) in [5.41, 5.74) is 0. The lowest BCUT2D eigenvalue weighted by molar-refractivity contribution is -0.167. The van der Waals surface area contributed by atoms with Crippen LogP contribution in [0.3, 0.4) is 0 Å². The summed E-state index contributed by atoms with van der Waals surface area (Å²) in [6.07, 6.45) is 71.7. The van der Waals surface area contributed by atoms with E-state index in [4.69, 9.17) is 14.2 Å². The Bertz CT molecular complexity index is 1080. The fraction of sp³-hybridized carbons (Fsp3) is 0.955. The van der Waals surface area contributed by atoms with Crippen LogP contribution in [0.1, 0.15) is 387 Å². The second-order valence-corrected chi connectivity index (χ2v) is 22.8. The Morgan fingerprint density at radius 1 is 0.222 bits per heavy atom. The van der Waals surface area contributed by atoms with Gasteiger partial charge in [-0.15, -0.1) is 0 Å². The number of ether oxygens (including phenoxy) is 3. The maximum atomic E-state index is 12.8. The summed E-state index contributed by atoms with van der Waals surface area (Å²) >= 11 is 0. The second-order valence-electron chi connectivity index (χ2n) is 22.8. The molecule has 0 aliphatic heterocycles. The van der Waals surface area contributed by atoms with E-state index in [1.54, 1.807) is 0 Å². The number of unbranched alkanes of at least 4 members (excludes halogenated alkanes) is 51. The molecule has 0 spiro atoms. The minimum absolute atomic E-state index is 0.0617. The van der Waals surface area contributed by atoms with Crippen molar-refractivity contribution in [3.8, 4) is 0 Å². The van der Waals surface area contributed by atoms with E-state index in [0.29, 0.717) is 19.3 Å². The first-order chi connectivity index (χ1) is 35.5. The molecule has 0 saturated carbocycles. The molecule has 0 fully saturated rings. The predicted molar refractivity (Wildman–Crippen MR) is 312 cm³/mol. The number of esters is 3. The van der Waals surface area contributed by atoms with Gasteiger partial charge in [0.2, 0.25) is 0 Å². The van der Waals surface area contributed by atoms with E-state index in [9.17, 15) is 14.4 Å². The standard InChI is InChI=1S/C66H128O6/c1-4-7-10-13-16-18-20-22-24-25-26-27-28-29-30-31-32-33-34-35-36-37-38-39-40-42-43-45-47-50-53-56-59-65(68)71-62-63(61-70-64(67)58-55-52-49-15-12-9-6-3)72-66(69)60-57-54-51-48-46-44-41-23-21-19-17-14-11-8-5-2/h63H,4-62H2,1-3H3. The van der Waals surface area contributed by atoms with Crippen LogP contribution >= 0.6 is 0 Å². The van der Waals surface area contributed by atoms with Crippen molar-refractivity contribution in [2.24, 2.45) is 0 Å². The molecule has 0 aliphatic rings. The second kappa shape index (κ2) is 62.0. The van der Waals surface area contributed by atoms with Gasteiger partial charge in [0.1, 0.15) is 13.2 Å². The van der Waals surface area contributed by atoms with E-state index >= 15 is 0 Å². The van der Waals surface area contributed by atoms with Gasteiger partial charge in [-0.2, -0.15) is 0 Å². The molecule has 0 aromatic rings. The minimum Gasteiger partial charge on any atom is -0.462 e. The van der Waals surface area contributed by atoms with E-state index in [0.717, 1.165) is 57.8 Å². The lowest BCUT2D eigenvalue weighted by atomic mass is 10.0. The average molecular weight is 1020 g/mol. The molecule has 0 rings (SSSR count). The van der Waals surface area contributed by atoms with Crippen LogP contribution in [0.5, 0.6) is 0 Å². The summed E-state index contributed by atoms with van der Waals surface area (Å²) in [7, 11) is 0. The molecule has 0 heterocycles. The molecule has 0 bridgehead atoms. The van der Waals surface area contributed by atoms with Crippen molar-refractivity contribution < 1.29 is 28.6 Å². The molecule has 0 amide bonds. The molecule has 72 heavy (non-hydrogen) atoms. The molecular weight excluding hydrogens is 889 g/mol. The van der Waals surface area contributed by atoms with Crippen LogP contribution in [0.25, 0.3) is 0 Å². The number of hydrogen-bond acceptors (Lipinski definition) is 6. The maximum Gasteiger partial charge on any atom is 0.306 e. The van der Waals surface area contributed by atoms with Crippen molar-refractivity contribution in [2.75, 3.05) is 13.2 Å². The predicted octanol–water partition coefficient (Wildman–Crippen LogP) is 22.3. The molecule has 0 saturated heterocycles. The monoisotopic (exact) mass is 1020 g/mol. The molecule has 428 valence electrons. The van der Waals surface area contributed by atoms with Crippen LogP contribution in [-0.2, 0) is 28.6 Å². The SMILES string of the molecule is CCCCCCCCCCCCCCCCCCCCCCCCCCCCCCCCCCC(=O)OCC(COC(=O)CCCCCCCCC)OC(=O)CCCCCCCCCCCCCCCCC. The van der Waals surface area contributed by atoms with Gasteiger partial charge in [0.15, 0.2) is 6.10 Å². The number of carbonyl (C=O) groups is 3. The molecule has 0 aromatic heterocycles. The van der Waals surface area contributed by atoms with E-state index < -0.39 is 6.10 Å². The smallest absolute Gasteiger partial charge is 0.306 e. The van der Waals surface area contributed by atoms with Gasteiger partial charge in [0.05, 0.1) is 0 Å². The van der Waals surface area contributed by atoms with E-state index in [-0.39, 0.29) is 31.1 Å². The van der Waals surface area contributed by atoms with Crippen molar-refractivity contribution in [1.29, 1.82) is 0 Å². The lowest BCUT2D eigenvalue weighted by Gasteiger charge is -2.18. The van der Waals surface area contributed by atoms with Gasteiger partial charge >= 0.3 is 17.9 Å². The zero-order chi connectivity index (χ0) is 52.2. The lowest BCUT2D eigenvalue weighted by Crippen LogP contribution is -2.30. The van der Waals surface area contributed by atoms with Crippen molar-refractivity contribution in [2.45, 2.75) is 393 Å². The average Bonchev–Trinajstić information content (AvgIpc) is 3.38.